The van der Waals surface area contributed by atoms with Gasteiger partial charge >= 0.3 is 0 Å². The molecule has 2 fully saturated rings. The van der Waals surface area contributed by atoms with Crippen molar-refractivity contribution in [1.29, 1.82) is 0 Å². The molecule has 2 heterocycles. The molecule has 1 aromatic rings. The highest BCUT2D eigenvalue weighted by molar-refractivity contribution is 7.99. The van der Waals surface area contributed by atoms with Gasteiger partial charge in [-0.3, -0.25) is 14.9 Å². The maximum atomic E-state index is 13.7. The number of carbonyl (C=O) groups is 2. The van der Waals surface area contributed by atoms with E-state index in [0.717, 1.165) is 23.8 Å². The molecule has 0 aliphatic carbocycles. The minimum atomic E-state index is -0.860. The summed E-state index contributed by atoms with van der Waals surface area (Å²) >= 11 is 1.67. The smallest absolute Gasteiger partial charge is 0.259 e. The highest BCUT2D eigenvalue weighted by Crippen LogP contribution is 2.17. The standard InChI is InChI=1S/C15H17F2N3O2S/c16-10-2-1-3-11(17)13(10)15(22)20-6-4-19(5-7-20)14(21)12-8-23-9-18-12/h1-3,12,18H,4-9H2. The molecule has 0 radical (unpaired) electrons. The normalized spacial score (nSPS) is 21.6. The molecule has 2 aliphatic rings. The zero-order chi connectivity index (χ0) is 16.4. The molecule has 1 aromatic carbocycles. The number of carbonyl (C=O) groups excluding carboxylic acids is 2. The third-order valence-corrected chi connectivity index (χ3v) is 5.01. The summed E-state index contributed by atoms with van der Waals surface area (Å²) in [5, 5.41) is 3.12. The van der Waals surface area contributed by atoms with Gasteiger partial charge in [0.15, 0.2) is 0 Å². The van der Waals surface area contributed by atoms with Gasteiger partial charge in [0.25, 0.3) is 5.91 Å². The molecular formula is C15H17F2N3O2S. The fraction of sp³-hybridized carbons (Fsp3) is 0.467. The Morgan fingerprint density at radius 1 is 1.09 bits per heavy atom. The van der Waals surface area contributed by atoms with Gasteiger partial charge in [-0.15, -0.1) is 11.8 Å². The van der Waals surface area contributed by atoms with E-state index in [4.69, 9.17) is 0 Å². The zero-order valence-electron chi connectivity index (χ0n) is 12.4. The first-order valence-corrected chi connectivity index (χ1v) is 8.56. The minimum Gasteiger partial charge on any atom is -0.338 e. The number of hydrogen-bond acceptors (Lipinski definition) is 4. The molecule has 0 bridgehead atoms. The molecule has 124 valence electrons. The van der Waals surface area contributed by atoms with Gasteiger partial charge in [-0.05, 0) is 12.1 Å². The van der Waals surface area contributed by atoms with Crippen LogP contribution in [-0.2, 0) is 4.79 Å². The third-order valence-electron chi connectivity index (χ3n) is 4.07. The van der Waals surface area contributed by atoms with Crippen molar-refractivity contribution in [2.75, 3.05) is 37.8 Å². The lowest BCUT2D eigenvalue weighted by Gasteiger charge is -2.36. The van der Waals surface area contributed by atoms with Crippen molar-refractivity contribution in [2.24, 2.45) is 0 Å². The minimum absolute atomic E-state index is 0.0270. The van der Waals surface area contributed by atoms with Crippen LogP contribution in [0, 0.1) is 11.6 Å². The van der Waals surface area contributed by atoms with Crippen molar-refractivity contribution in [1.82, 2.24) is 15.1 Å². The number of hydrogen-bond donors (Lipinski definition) is 1. The van der Waals surface area contributed by atoms with E-state index in [1.165, 1.54) is 11.0 Å². The van der Waals surface area contributed by atoms with E-state index >= 15 is 0 Å². The van der Waals surface area contributed by atoms with Crippen molar-refractivity contribution < 1.29 is 18.4 Å². The molecule has 5 nitrogen and oxygen atoms in total. The average Bonchev–Trinajstić information content (AvgIpc) is 3.08. The van der Waals surface area contributed by atoms with Gasteiger partial charge in [0.2, 0.25) is 5.91 Å². The molecule has 1 atom stereocenters. The monoisotopic (exact) mass is 341 g/mol. The number of benzene rings is 1. The molecule has 0 aromatic heterocycles. The van der Waals surface area contributed by atoms with Crippen LogP contribution in [-0.4, -0.2) is 65.5 Å². The summed E-state index contributed by atoms with van der Waals surface area (Å²) in [6.45, 7) is 1.31. The lowest BCUT2D eigenvalue weighted by atomic mass is 10.1. The molecule has 0 saturated carbocycles. The van der Waals surface area contributed by atoms with Crippen LogP contribution >= 0.6 is 11.8 Å². The Balaban J connectivity index is 1.62. The van der Waals surface area contributed by atoms with Gasteiger partial charge in [-0.2, -0.15) is 0 Å². The number of rotatable bonds is 2. The van der Waals surface area contributed by atoms with Crippen LogP contribution in [0.2, 0.25) is 0 Å². The van der Waals surface area contributed by atoms with Crippen molar-refractivity contribution in [3.05, 3.63) is 35.4 Å². The number of amides is 2. The molecule has 1 unspecified atom stereocenters. The highest BCUT2D eigenvalue weighted by atomic mass is 32.2. The van der Waals surface area contributed by atoms with Crippen molar-refractivity contribution >= 4 is 23.6 Å². The summed E-state index contributed by atoms with van der Waals surface area (Å²) in [7, 11) is 0. The Morgan fingerprint density at radius 3 is 2.26 bits per heavy atom. The van der Waals surface area contributed by atoms with E-state index in [1.54, 1.807) is 16.7 Å². The van der Waals surface area contributed by atoms with Gasteiger partial charge < -0.3 is 9.80 Å². The predicted molar refractivity (Wildman–Crippen MR) is 83.1 cm³/mol. The fourth-order valence-corrected chi connectivity index (χ4v) is 3.70. The second-order valence-corrected chi connectivity index (χ2v) is 6.52. The molecule has 8 heteroatoms. The second kappa shape index (κ2) is 6.84. The van der Waals surface area contributed by atoms with E-state index in [-0.39, 0.29) is 25.0 Å². The third kappa shape index (κ3) is 3.32. The molecule has 3 rings (SSSR count). The Hall–Kier alpha value is -1.67. The quantitative estimate of drug-likeness (QED) is 0.869. The van der Waals surface area contributed by atoms with Crippen LogP contribution in [0.1, 0.15) is 10.4 Å². The molecule has 2 aliphatic heterocycles. The fourth-order valence-electron chi connectivity index (χ4n) is 2.76. The Labute approximate surface area is 137 Å². The number of thioether (sulfide) groups is 1. The lowest BCUT2D eigenvalue weighted by molar-refractivity contribution is -0.134. The molecule has 1 N–H and O–H groups in total. The first-order chi connectivity index (χ1) is 11.1. The Kier molecular flexibility index (Phi) is 4.82. The summed E-state index contributed by atoms with van der Waals surface area (Å²) in [6, 6.07) is 3.19. The topological polar surface area (TPSA) is 52.7 Å². The van der Waals surface area contributed by atoms with Crippen LogP contribution in [0.4, 0.5) is 8.78 Å². The van der Waals surface area contributed by atoms with E-state index in [0.29, 0.717) is 13.1 Å². The molecule has 2 saturated heterocycles. The van der Waals surface area contributed by atoms with Crippen LogP contribution in [0.15, 0.2) is 18.2 Å². The summed E-state index contributed by atoms with van der Waals surface area (Å²) < 4.78 is 27.4. The second-order valence-electron chi connectivity index (χ2n) is 5.49. The predicted octanol–water partition coefficient (Wildman–Crippen LogP) is 0.912. The first kappa shape index (κ1) is 16.2. The van der Waals surface area contributed by atoms with Gasteiger partial charge in [0.1, 0.15) is 17.2 Å². The van der Waals surface area contributed by atoms with Gasteiger partial charge in [-0.1, -0.05) is 6.07 Å². The first-order valence-electron chi connectivity index (χ1n) is 7.41. The number of nitrogens with one attached hydrogen (secondary N) is 1. The average molecular weight is 341 g/mol. The Morgan fingerprint density at radius 2 is 1.70 bits per heavy atom. The molecule has 23 heavy (non-hydrogen) atoms. The summed E-state index contributed by atoms with van der Waals surface area (Å²) in [5.41, 5.74) is -0.527. The van der Waals surface area contributed by atoms with Crippen molar-refractivity contribution in [3.8, 4) is 0 Å². The van der Waals surface area contributed by atoms with Crippen LogP contribution < -0.4 is 5.32 Å². The van der Waals surface area contributed by atoms with Gasteiger partial charge in [-0.25, -0.2) is 8.78 Å². The largest absolute Gasteiger partial charge is 0.338 e. The van der Waals surface area contributed by atoms with Crippen LogP contribution in [0.5, 0.6) is 0 Å². The number of nitrogens with zero attached hydrogens (tertiary/aromatic N) is 2. The summed E-state index contributed by atoms with van der Waals surface area (Å²) in [6.07, 6.45) is 0. The highest BCUT2D eigenvalue weighted by Gasteiger charge is 2.32. The van der Waals surface area contributed by atoms with Crippen molar-refractivity contribution in [2.45, 2.75) is 6.04 Å². The summed E-state index contributed by atoms with van der Waals surface area (Å²) in [5.74, 6) is -0.845. The van der Waals surface area contributed by atoms with E-state index in [2.05, 4.69) is 5.32 Å². The number of piperazine rings is 1. The van der Waals surface area contributed by atoms with Crippen molar-refractivity contribution in [3.63, 3.8) is 0 Å². The zero-order valence-corrected chi connectivity index (χ0v) is 13.2. The summed E-state index contributed by atoms with van der Waals surface area (Å²) in [4.78, 5) is 27.7. The van der Waals surface area contributed by atoms with E-state index in [1.807, 2.05) is 0 Å². The molecule has 2 amide bonds. The van der Waals surface area contributed by atoms with E-state index < -0.39 is 23.1 Å². The SMILES string of the molecule is O=C(c1c(F)cccc1F)N1CCN(C(=O)C2CSCN2)CC1. The van der Waals surface area contributed by atoms with Gasteiger partial charge in [0, 0.05) is 37.8 Å². The lowest BCUT2D eigenvalue weighted by Crippen LogP contribution is -2.54. The number of halogens is 2. The van der Waals surface area contributed by atoms with Crippen LogP contribution in [0.3, 0.4) is 0 Å². The maximum absolute atomic E-state index is 13.7. The van der Waals surface area contributed by atoms with E-state index in [9.17, 15) is 18.4 Å². The Bertz CT molecular complexity index is 594. The maximum Gasteiger partial charge on any atom is 0.259 e. The molecule has 0 spiro atoms. The molecular weight excluding hydrogens is 324 g/mol. The van der Waals surface area contributed by atoms with Crippen LogP contribution in [0.25, 0.3) is 0 Å². The van der Waals surface area contributed by atoms with Gasteiger partial charge in [0.05, 0.1) is 6.04 Å².